The summed E-state index contributed by atoms with van der Waals surface area (Å²) >= 11 is 0. The fourth-order valence-corrected chi connectivity index (χ4v) is 3.49. The molecule has 34 heavy (non-hydrogen) atoms. The molecular formula is C27H34N2O5. The number of amides is 2. The van der Waals surface area contributed by atoms with Gasteiger partial charge in [0.25, 0.3) is 0 Å². The molecule has 2 atom stereocenters. The summed E-state index contributed by atoms with van der Waals surface area (Å²) in [7, 11) is 0. The molecule has 0 saturated heterocycles. The zero-order chi connectivity index (χ0) is 24.6. The number of aliphatic carboxylic acids is 1. The number of carboxylic acids is 1. The molecule has 0 aliphatic rings. The number of carbonyl (C=O) groups excluding carboxylic acids is 2. The first-order chi connectivity index (χ1) is 16.5. The van der Waals surface area contributed by atoms with Crippen LogP contribution in [0, 0.1) is 0 Å². The fourth-order valence-electron chi connectivity index (χ4n) is 3.49. The van der Waals surface area contributed by atoms with E-state index >= 15 is 0 Å². The number of carboxylic acid groups (broad SMARTS) is 1. The van der Waals surface area contributed by atoms with E-state index in [1.807, 2.05) is 66.7 Å². The van der Waals surface area contributed by atoms with Crippen molar-refractivity contribution in [1.29, 1.82) is 0 Å². The van der Waals surface area contributed by atoms with E-state index < -0.39 is 30.1 Å². The van der Waals surface area contributed by atoms with E-state index in [2.05, 4.69) is 17.2 Å². The molecule has 0 bridgehead atoms. The molecule has 0 heterocycles. The first-order valence-electron chi connectivity index (χ1n) is 11.6. The number of benzene rings is 2. The molecule has 0 aliphatic heterocycles. The molecule has 7 heteroatoms. The normalized spacial score (nSPS) is 12.2. The Labute approximate surface area is 201 Å². The van der Waals surface area contributed by atoms with E-state index in [0.717, 1.165) is 36.8 Å². The monoisotopic (exact) mass is 466 g/mol. The number of unbranched alkanes of at least 4 members (excludes halogenated alkanes) is 4. The average molecular weight is 467 g/mol. The molecule has 0 aromatic heterocycles. The summed E-state index contributed by atoms with van der Waals surface area (Å²) in [6, 6.07) is 16.4. The molecule has 2 amide bonds. The molecule has 2 rings (SSSR count). The summed E-state index contributed by atoms with van der Waals surface area (Å²) in [4.78, 5) is 37.1. The first-order valence-corrected chi connectivity index (χ1v) is 11.6. The molecular weight excluding hydrogens is 432 g/mol. The second kappa shape index (κ2) is 15.3. The lowest BCUT2D eigenvalue weighted by atomic mass is 10.0. The summed E-state index contributed by atoms with van der Waals surface area (Å²) in [5, 5.41) is 14.8. The third kappa shape index (κ3) is 10.3. The van der Waals surface area contributed by atoms with Gasteiger partial charge in [0.05, 0.1) is 0 Å². The van der Waals surface area contributed by atoms with Crippen molar-refractivity contribution in [2.45, 2.75) is 63.6 Å². The Hall–Kier alpha value is -3.61. The molecule has 0 spiro atoms. The van der Waals surface area contributed by atoms with E-state index in [1.54, 1.807) is 0 Å². The minimum Gasteiger partial charge on any atom is -0.480 e. The number of nitrogens with one attached hydrogen (secondary N) is 2. The van der Waals surface area contributed by atoms with Crippen LogP contribution in [-0.4, -0.2) is 35.2 Å². The van der Waals surface area contributed by atoms with Gasteiger partial charge in [0, 0.05) is 6.42 Å². The van der Waals surface area contributed by atoms with Gasteiger partial charge in [-0.2, -0.15) is 0 Å². The molecule has 0 saturated carbocycles. The van der Waals surface area contributed by atoms with E-state index in [-0.39, 0.29) is 13.0 Å². The Kier molecular flexibility index (Phi) is 12.0. The van der Waals surface area contributed by atoms with E-state index in [9.17, 15) is 19.5 Å². The lowest BCUT2D eigenvalue weighted by Crippen LogP contribution is -2.52. The van der Waals surface area contributed by atoms with Crippen LogP contribution in [0.3, 0.4) is 0 Å². The largest absolute Gasteiger partial charge is 0.480 e. The average Bonchev–Trinajstić information content (AvgIpc) is 2.84. The van der Waals surface area contributed by atoms with Crippen molar-refractivity contribution in [3.8, 4) is 0 Å². The highest BCUT2D eigenvalue weighted by Gasteiger charge is 2.27. The predicted molar refractivity (Wildman–Crippen MR) is 131 cm³/mol. The van der Waals surface area contributed by atoms with Crippen molar-refractivity contribution in [2.24, 2.45) is 0 Å². The standard InChI is InChI=1S/C27H34N2O5/c1-2-3-4-5-6-13-18-23(26(31)32)28-25(30)24(19-21-14-9-7-10-15-21)29-27(33)34-20-22-16-11-8-12-17-22/h2,7-12,14-17,23-24H,1,3-6,13,18-20H2,(H,28,30)(H,29,33)(H,31,32)/t23-,24-/m1/s1. The lowest BCUT2D eigenvalue weighted by molar-refractivity contribution is -0.142. The highest BCUT2D eigenvalue weighted by Crippen LogP contribution is 2.10. The predicted octanol–water partition coefficient (Wildman–Crippen LogP) is 4.62. The second-order valence-electron chi connectivity index (χ2n) is 8.13. The van der Waals surface area contributed by atoms with Crippen LogP contribution < -0.4 is 10.6 Å². The van der Waals surface area contributed by atoms with Crippen LogP contribution in [0.1, 0.15) is 49.7 Å². The number of ether oxygens (including phenoxy) is 1. The highest BCUT2D eigenvalue weighted by atomic mass is 16.5. The van der Waals surface area contributed by atoms with E-state index in [0.29, 0.717) is 12.8 Å². The van der Waals surface area contributed by atoms with Gasteiger partial charge < -0.3 is 20.5 Å². The van der Waals surface area contributed by atoms with Gasteiger partial charge in [-0.25, -0.2) is 9.59 Å². The third-order valence-electron chi connectivity index (χ3n) is 5.37. The summed E-state index contributed by atoms with van der Waals surface area (Å²) in [5.74, 6) is -1.65. The summed E-state index contributed by atoms with van der Waals surface area (Å²) in [6.45, 7) is 3.76. The van der Waals surface area contributed by atoms with Gasteiger partial charge >= 0.3 is 12.1 Å². The maximum atomic E-state index is 13.0. The van der Waals surface area contributed by atoms with Gasteiger partial charge in [0.15, 0.2) is 0 Å². The molecule has 0 fully saturated rings. The van der Waals surface area contributed by atoms with Gasteiger partial charge in [-0.3, -0.25) is 4.79 Å². The van der Waals surface area contributed by atoms with Crippen molar-refractivity contribution >= 4 is 18.0 Å². The minimum atomic E-state index is -1.09. The van der Waals surface area contributed by atoms with Gasteiger partial charge in [0.1, 0.15) is 18.7 Å². The minimum absolute atomic E-state index is 0.0654. The Morgan fingerprint density at radius 2 is 1.47 bits per heavy atom. The van der Waals surface area contributed by atoms with Crippen molar-refractivity contribution in [3.05, 3.63) is 84.4 Å². The molecule has 0 unspecified atom stereocenters. The molecule has 3 N–H and O–H groups in total. The van der Waals surface area contributed by atoms with Crippen molar-refractivity contribution < 1.29 is 24.2 Å². The van der Waals surface area contributed by atoms with Crippen LogP contribution in [0.5, 0.6) is 0 Å². The summed E-state index contributed by atoms with van der Waals surface area (Å²) in [5.41, 5.74) is 1.65. The van der Waals surface area contributed by atoms with E-state index in [1.165, 1.54) is 0 Å². The molecule has 2 aromatic rings. The van der Waals surface area contributed by atoms with Crippen molar-refractivity contribution in [1.82, 2.24) is 10.6 Å². The fraction of sp³-hybridized carbons (Fsp3) is 0.370. The Morgan fingerprint density at radius 3 is 2.09 bits per heavy atom. The highest BCUT2D eigenvalue weighted by molar-refractivity contribution is 5.89. The topological polar surface area (TPSA) is 105 Å². The van der Waals surface area contributed by atoms with Crippen LogP contribution in [0.25, 0.3) is 0 Å². The Morgan fingerprint density at radius 1 is 0.853 bits per heavy atom. The molecule has 2 aromatic carbocycles. The zero-order valence-corrected chi connectivity index (χ0v) is 19.4. The van der Waals surface area contributed by atoms with Crippen molar-refractivity contribution in [2.75, 3.05) is 0 Å². The molecule has 0 radical (unpaired) electrons. The quantitative estimate of drug-likeness (QED) is 0.262. The number of alkyl carbamates (subject to hydrolysis) is 1. The summed E-state index contributed by atoms with van der Waals surface area (Å²) in [6.07, 6.45) is 6.16. The zero-order valence-electron chi connectivity index (χ0n) is 19.4. The van der Waals surface area contributed by atoms with Gasteiger partial charge in [-0.05, 0) is 30.4 Å². The molecule has 182 valence electrons. The maximum absolute atomic E-state index is 13.0. The van der Waals surface area contributed by atoms with Gasteiger partial charge in [-0.15, -0.1) is 6.58 Å². The van der Waals surface area contributed by atoms with Crippen LogP contribution >= 0.6 is 0 Å². The number of carbonyl (C=O) groups is 3. The molecule has 7 nitrogen and oxygen atoms in total. The number of hydrogen-bond donors (Lipinski definition) is 3. The maximum Gasteiger partial charge on any atom is 0.408 e. The Balaban J connectivity index is 1.96. The number of hydrogen-bond acceptors (Lipinski definition) is 4. The van der Waals surface area contributed by atoms with Crippen LogP contribution in [-0.2, 0) is 27.4 Å². The van der Waals surface area contributed by atoms with Crippen LogP contribution in [0.4, 0.5) is 4.79 Å². The first kappa shape index (κ1) is 26.6. The smallest absolute Gasteiger partial charge is 0.408 e. The van der Waals surface area contributed by atoms with Gasteiger partial charge in [-0.1, -0.05) is 86.0 Å². The molecule has 0 aliphatic carbocycles. The number of allylic oxidation sites excluding steroid dienone is 1. The number of rotatable bonds is 15. The van der Waals surface area contributed by atoms with Crippen molar-refractivity contribution in [3.63, 3.8) is 0 Å². The van der Waals surface area contributed by atoms with Crippen LogP contribution in [0.2, 0.25) is 0 Å². The Bertz CT molecular complexity index is 902. The second-order valence-corrected chi connectivity index (χ2v) is 8.13. The van der Waals surface area contributed by atoms with Crippen LogP contribution in [0.15, 0.2) is 73.3 Å². The third-order valence-corrected chi connectivity index (χ3v) is 5.37. The van der Waals surface area contributed by atoms with Gasteiger partial charge in [0.2, 0.25) is 5.91 Å². The summed E-state index contributed by atoms with van der Waals surface area (Å²) < 4.78 is 5.26. The van der Waals surface area contributed by atoms with E-state index in [4.69, 9.17) is 4.74 Å². The SMILES string of the molecule is C=CCCCCCC[C@@H](NC(=O)[C@@H](Cc1ccccc1)NC(=O)OCc1ccccc1)C(=O)O. The lowest BCUT2D eigenvalue weighted by Gasteiger charge is -2.21.